The third-order valence-corrected chi connectivity index (χ3v) is 3.69. The molecule has 2 rings (SSSR count). The molecule has 0 amide bonds. The van der Waals surface area contributed by atoms with Crippen LogP contribution in [0.15, 0.2) is 16.5 Å². The van der Waals surface area contributed by atoms with Gasteiger partial charge in [-0.15, -0.1) is 0 Å². The van der Waals surface area contributed by atoms with Crippen molar-refractivity contribution in [1.82, 2.24) is 4.90 Å². The predicted molar refractivity (Wildman–Crippen MR) is 74.5 cm³/mol. The molecule has 2 N–H and O–H groups in total. The van der Waals surface area contributed by atoms with Crippen molar-refractivity contribution in [3.63, 3.8) is 0 Å². The first-order chi connectivity index (χ1) is 8.63. The first-order valence-corrected chi connectivity index (χ1v) is 7.21. The van der Waals surface area contributed by atoms with Crippen molar-refractivity contribution in [3.8, 4) is 0 Å². The van der Waals surface area contributed by atoms with Gasteiger partial charge in [0.2, 0.25) is 0 Å². The van der Waals surface area contributed by atoms with Crippen molar-refractivity contribution >= 4 is 0 Å². The average molecular weight is 250 g/mol. The Morgan fingerprint density at radius 1 is 1.44 bits per heavy atom. The van der Waals surface area contributed by atoms with E-state index in [1.807, 2.05) is 13.0 Å². The molecule has 1 saturated carbocycles. The van der Waals surface area contributed by atoms with Gasteiger partial charge in [-0.05, 0) is 51.8 Å². The molecule has 0 radical (unpaired) electrons. The third kappa shape index (κ3) is 3.15. The van der Waals surface area contributed by atoms with E-state index in [9.17, 15) is 0 Å². The van der Waals surface area contributed by atoms with Crippen LogP contribution in [0.3, 0.4) is 0 Å². The van der Waals surface area contributed by atoms with Gasteiger partial charge in [0.25, 0.3) is 0 Å². The zero-order valence-corrected chi connectivity index (χ0v) is 11.9. The highest BCUT2D eigenvalue weighted by Crippen LogP contribution is 2.36. The molecule has 1 aliphatic carbocycles. The van der Waals surface area contributed by atoms with Crippen molar-refractivity contribution in [2.45, 2.75) is 64.6 Å². The molecule has 102 valence electrons. The fourth-order valence-electron chi connectivity index (χ4n) is 2.63. The van der Waals surface area contributed by atoms with E-state index in [1.54, 1.807) is 0 Å². The number of unbranched alkanes of at least 4 members (excludes halogenated alkanes) is 1. The van der Waals surface area contributed by atoms with Crippen molar-refractivity contribution in [1.29, 1.82) is 0 Å². The number of nitrogens with zero attached hydrogens (tertiary/aromatic N) is 1. The standard InChI is InChI=1S/C15H26N2O/c1-4-5-10-17(13-7-8-13)15(12(3)16)14-9-6-11(2)18-14/h6,9,12-13,15H,4-5,7-8,10,16H2,1-3H3. The lowest BCUT2D eigenvalue weighted by Gasteiger charge is -2.33. The molecule has 1 aromatic heterocycles. The zero-order valence-electron chi connectivity index (χ0n) is 11.9. The molecular weight excluding hydrogens is 224 g/mol. The van der Waals surface area contributed by atoms with Crippen molar-refractivity contribution in [3.05, 3.63) is 23.7 Å². The number of rotatable bonds is 7. The molecule has 1 aliphatic rings. The van der Waals surface area contributed by atoms with Crippen LogP contribution < -0.4 is 5.73 Å². The second kappa shape index (κ2) is 5.89. The van der Waals surface area contributed by atoms with E-state index < -0.39 is 0 Å². The summed E-state index contributed by atoms with van der Waals surface area (Å²) >= 11 is 0. The summed E-state index contributed by atoms with van der Waals surface area (Å²) in [5, 5.41) is 0. The van der Waals surface area contributed by atoms with Gasteiger partial charge in [-0.1, -0.05) is 13.3 Å². The number of nitrogens with two attached hydrogens (primary N) is 1. The lowest BCUT2D eigenvalue weighted by Crippen LogP contribution is -2.41. The predicted octanol–water partition coefficient (Wildman–Crippen LogP) is 3.24. The maximum Gasteiger partial charge on any atom is 0.122 e. The fraction of sp³-hybridized carbons (Fsp3) is 0.733. The third-order valence-electron chi connectivity index (χ3n) is 3.69. The molecule has 0 bridgehead atoms. The molecule has 3 heteroatoms. The van der Waals surface area contributed by atoms with Gasteiger partial charge in [0.15, 0.2) is 0 Å². The lowest BCUT2D eigenvalue weighted by molar-refractivity contribution is 0.142. The van der Waals surface area contributed by atoms with Crippen molar-refractivity contribution in [2.75, 3.05) is 6.54 Å². The molecule has 1 aromatic rings. The van der Waals surface area contributed by atoms with E-state index in [1.165, 1.54) is 25.7 Å². The van der Waals surface area contributed by atoms with Gasteiger partial charge in [0, 0.05) is 12.1 Å². The number of aryl methyl sites for hydroxylation is 1. The quantitative estimate of drug-likeness (QED) is 0.808. The Hall–Kier alpha value is -0.800. The summed E-state index contributed by atoms with van der Waals surface area (Å²) in [5.41, 5.74) is 6.21. The average Bonchev–Trinajstić information content (AvgIpc) is 3.07. The van der Waals surface area contributed by atoms with Gasteiger partial charge < -0.3 is 10.2 Å². The Balaban J connectivity index is 2.15. The van der Waals surface area contributed by atoms with Crippen LogP contribution in [0.4, 0.5) is 0 Å². The van der Waals surface area contributed by atoms with Crippen LogP contribution in [0.25, 0.3) is 0 Å². The van der Waals surface area contributed by atoms with Crippen molar-refractivity contribution < 1.29 is 4.42 Å². The second-order valence-electron chi connectivity index (χ2n) is 5.57. The van der Waals surface area contributed by atoms with Crippen LogP contribution in [0, 0.1) is 6.92 Å². The molecule has 2 unspecified atom stereocenters. The highest BCUT2D eigenvalue weighted by molar-refractivity contribution is 5.13. The van der Waals surface area contributed by atoms with E-state index in [-0.39, 0.29) is 12.1 Å². The van der Waals surface area contributed by atoms with Crippen LogP contribution >= 0.6 is 0 Å². The highest BCUT2D eigenvalue weighted by atomic mass is 16.3. The Morgan fingerprint density at radius 2 is 2.17 bits per heavy atom. The summed E-state index contributed by atoms with van der Waals surface area (Å²) in [7, 11) is 0. The first kappa shape index (κ1) is 13.6. The normalized spacial score (nSPS) is 19.2. The largest absolute Gasteiger partial charge is 0.465 e. The Labute approximate surface area is 110 Å². The van der Waals surface area contributed by atoms with Gasteiger partial charge in [-0.25, -0.2) is 0 Å². The SMILES string of the molecule is CCCCN(C1CC1)C(c1ccc(C)o1)C(C)N. The summed E-state index contributed by atoms with van der Waals surface area (Å²) < 4.78 is 5.82. The molecular formula is C15H26N2O. The first-order valence-electron chi connectivity index (χ1n) is 7.21. The van der Waals surface area contributed by atoms with Crippen LogP contribution in [-0.2, 0) is 0 Å². The molecule has 1 fully saturated rings. The molecule has 0 spiro atoms. The minimum atomic E-state index is 0.105. The summed E-state index contributed by atoms with van der Waals surface area (Å²) in [6.07, 6.45) is 5.09. The number of hydrogen-bond acceptors (Lipinski definition) is 3. The van der Waals surface area contributed by atoms with E-state index in [0.29, 0.717) is 0 Å². The molecule has 0 saturated heterocycles. The minimum Gasteiger partial charge on any atom is -0.465 e. The van der Waals surface area contributed by atoms with Gasteiger partial charge in [0.05, 0.1) is 6.04 Å². The fourth-order valence-corrected chi connectivity index (χ4v) is 2.63. The summed E-state index contributed by atoms with van der Waals surface area (Å²) in [4.78, 5) is 2.56. The lowest BCUT2D eigenvalue weighted by atomic mass is 10.1. The number of hydrogen-bond donors (Lipinski definition) is 1. The molecule has 0 aliphatic heterocycles. The molecule has 1 heterocycles. The Bertz CT molecular complexity index is 368. The van der Waals surface area contributed by atoms with Crippen molar-refractivity contribution in [2.24, 2.45) is 5.73 Å². The van der Waals surface area contributed by atoms with Gasteiger partial charge >= 0.3 is 0 Å². The Kier molecular flexibility index (Phi) is 4.46. The van der Waals surface area contributed by atoms with E-state index in [0.717, 1.165) is 24.1 Å². The summed E-state index contributed by atoms with van der Waals surface area (Å²) in [6, 6.07) is 5.18. The molecule has 0 aromatic carbocycles. The van der Waals surface area contributed by atoms with Gasteiger partial charge in [0.1, 0.15) is 11.5 Å². The molecule has 3 nitrogen and oxygen atoms in total. The molecule has 18 heavy (non-hydrogen) atoms. The second-order valence-corrected chi connectivity index (χ2v) is 5.57. The van der Waals surface area contributed by atoms with Gasteiger partial charge in [-0.2, -0.15) is 0 Å². The minimum absolute atomic E-state index is 0.105. The summed E-state index contributed by atoms with van der Waals surface area (Å²) in [5.74, 6) is 2.01. The van der Waals surface area contributed by atoms with Gasteiger partial charge in [-0.3, -0.25) is 4.90 Å². The molecule has 2 atom stereocenters. The van der Waals surface area contributed by atoms with E-state index in [2.05, 4.69) is 24.8 Å². The maximum absolute atomic E-state index is 6.21. The van der Waals surface area contributed by atoms with Crippen LogP contribution in [0.1, 0.15) is 57.1 Å². The smallest absolute Gasteiger partial charge is 0.122 e. The maximum atomic E-state index is 6.21. The van der Waals surface area contributed by atoms with Crippen LogP contribution in [0.2, 0.25) is 0 Å². The highest BCUT2D eigenvalue weighted by Gasteiger charge is 2.37. The number of furan rings is 1. The van der Waals surface area contributed by atoms with Crippen LogP contribution in [0.5, 0.6) is 0 Å². The van der Waals surface area contributed by atoms with E-state index >= 15 is 0 Å². The monoisotopic (exact) mass is 250 g/mol. The van der Waals surface area contributed by atoms with Crippen LogP contribution in [-0.4, -0.2) is 23.5 Å². The topological polar surface area (TPSA) is 42.4 Å². The Morgan fingerprint density at radius 3 is 2.61 bits per heavy atom. The van der Waals surface area contributed by atoms with E-state index in [4.69, 9.17) is 10.2 Å². The summed E-state index contributed by atoms with van der Waals surface area (Å²) in [6.45, 7) is 7.45. The zero-order chi connectivity index (χ0) is 13.1.